The quantitative estimate of drug-likeness (QED) is 0.782. The molecule has 0 aliphatic heterocycles. The van der Waals surface area contributed by atoms with Crippen LogP contribution in [0.3, 0.4) is 0 Å². The highest BCUT2D eigenvalue weighted by molar-refractivity contribution is 5.50. The van der Waals surface area contributed by atoms with Gasteiger partial charge in [-0.25, -0.2) is 0 Å². The van der Waals surface area contributed by atoms with Crippen LogP contribution in [-0.4, -0.2) is 17.8 Å². The number of hydrogen-bond acceptors (Lipinski definition) is 2. The van der Waals surface area contributed by atoms with Crippen molar-refractivity contribution in [3.05, 3.63) is 95.7 Å². The maximum atomic E-state index is 10.2. The molecule has 2 nitrogen and oxygen atoms in total. The van der Waals surface area contributed by atoms with E-state index in [1.54, 1.807) is 6.08 Å². The third kappa shape index (κ3) is 5.19. The predicted molar refractivity (Wildman–Crippen MR) is 90.2 cm³/mol. The van der Waals surface area contributed by atoms with Gasteiger partial charge in [-0.1, -0.05) is 79.4 Å². The summed E-state index contributed by atoms with van der Waals surface area (Å²) >= 11 is 0. The van der Waals surface area contributed by atoms with Crippen molar-refractivity contribution >= 4 is 6.08 Å². The van der Waals surface area contributed by atoms with Gasteiger partial charge in [-0.15, -0.1) is 5.73 Å². The van der Waals surface area contributed by atoms with E-state index in [4.69, 9.17) is 4.74 Å². The van der Waals surface area contributed by atoms with Gasteiger partial charge in [-0.2, -0.15) is 0 Å². The molecule has 2 aromatic rings. The lowest BCUT2D eigenvalue weighted by atomic mass is 10.1. The smallest absolute Gasteiger partial charge is 0.103 e. The molecule has 22 heavy (non-hydrogen) atoms. The Morgan fingerprint density at radius 3 is 2.36 bits per heavy atom. The zero-order valence-corrected chi connectivity index (χ0v) is 12.5. The van der Waals surface area contributed by atoms with Crippen LogP contribution < -0.4 is 0 Å². The Balaban J connectivity index is 1.86. The van der Waals surface area contributed by atoms with Crippen LogP contribution in [0.15, 0.2) is 84.6 Å². The number of benzene rings is 2. The Morgan fingerprint density at radius 1 is 1.09 bits per heavy atom. The molecule has 0 fully saturated rings. The molecular weight excluding hydrogens is 272 g/mol. The van der Waals surface area contributed by atoms with Crippen molar-refractivity contribution < 1.29 is 9.84 Å². The fourth-order valence-electron chi connectivity index (χ4n) is 1.98. The fraction of sp³-hybridized carbons (Fsp3) is 0.150. The minimum absolute atomic E-state index is 0.304. The molecule has 1 N–H and O–H groups in total. The van der Waals surface area contributed by atoms with Crippen LogP contribution in [0.4, 0.5) is 0 Å². The van der Waals surface area contributed by atoms with Crippen molar-refractivity contribution in [2.75, 3.05) is 6.61 Å². The molecule has 0 aliphatic carbocycles. The van der Waals surface area contributed by atoms with Crippen LogP contribution in [0.2, 0.25) is 0 Å². The van der Waals surface area contributed by atoms with Crippen molar-refractivity contribution in [1.29, 1.82) is 0 Å². The topological polar surface area (TPSA) is 29.5 Å². The Bertz CT molecular complexity index is 638. The first-order valence-electron chi connectivity index (χ1n) is 7.21. The molecule has 2 aromatic carbocycles. The predicted octanol–water partition coefficient (Wildman–Crippen LogP) is 3.99. The molecule has 0 aliphatic rings. The van der Waals surface area contributed by atoms with Crippen molar-refractivity contribution in [1.82, 2.24) is 0 Å². The van der Waals surface area contributed by atoms with E-state index in [9.17, 15) is 5.11 Å². The van der Waals surface area contributed by atoms with Crippen LogP contribution in [-0.2, 0) is 11.3 Å². The molecule has 0 heterocycles. The summed E-state index contributed by atoms with van der Waals surface area (Å²) in [6.07, 6.45) is 2.85. The molecule has 0 bridgehead atoms. The van der Waals surface area contributed by atoms with E-state index in [-0.39, 0.29) is 0 Å². The van der Waals surface area contributed by atoms with Crippen LogP contribution in [0.25, 0.3) is 6.08 Å². The second kappa shape index (κ2) is 8.81. The third-order valence-corrected chi connectivity index (χ3v) is 3.22. The maximum Gasteiger partial charge on any atom is 0.103 e. The number of aliphatic hydroxyl groups excluding tert-OH is 1. The lowest BCUT2D eigenvalue weighted by molar-refractivity contribution is 0.126. The van der Waals surface area contributed by atoms with Crippen LogP contribution in [0.5, 0.6) is 0 Å². The summed E-state index contributed by atoms with van der Waals surface area (Å²) in [5.41, 5.74) is 5.53. The second-order valence-corrected chi connectivity index (χ2v) is 4.90. The summed E-state index contributed by atoms with van der Waals surface area (Å²) in [5, 5.41) is 10.2. The van der Waals surface area contributed by atoms with Gasteiger partial charge in [0, 0.05) is 5.57 Å². The summed E-state index contributed by atoms with van der Waals surface area (Å²) in [6.45, 7) is 4.43. The Morgan fingerprint density at radius 2 is 1.73 bits per heavy atom. The molecular formula is C20H20O2. The first-order chi connectivity index (χ1) is 10.8. The van der Waals surface area contributed by atoms with E-state index in [0.29, 0.717) is 18.8 Å². The van der Waals surface area contributed by atoms with Crippen molar-refractivity contribution in [3.63, 3.8) is 0 Å². The van der Waals surface area contributed by atoms with Gasteiger partial charge < -0.3 is 9.84 Å². The summed E-state index contributed by atoms with van der Waals surface area (Å²) in [4.78, 5) is 0. The van der Waals surface area contributed by atoms with Crippen LogP contribution in [0, 0.1) is 0 Å². The van der Waals surface area contributed by atoms with Gasteiger partial charge in [0.2, 0.25) is 0 Å². The molecule has 0 saturated carbocycles. The maximum absolute atomic E-state index is 10.2. The first-order valence-corrected chi connectivity index (χ1v) is 7.21. The fourth-order valence-corrected chi connectivity index (χ4v) is 1.98. The SMILES string of the molecule is C=C=C(COCc1ccccc1)[C@H](O)/C=C/c1ccccc1. The van der Waals surface area contributed by atoms with Gasteiger partial charge in [0.05, 0.1) is 13.2 Å². The first kappa shape index (κ1) is 16.0. The standard InChI is InChI=1S/C20H20O2/c1-2-19(16-22-15-18-11-7-4-8-12-18)20(21)14-13-17-9-5-3-6-10-17/h3-14,20-21H,1,15-16H2/b14-13+/t20-/m1/s1. The zero-order valence-electron chi connectivity index (χ0n) is 12.5. The van der Waals surface area contributed by atoms with Gasteiger partial charge in [0.1, 0.15) is 6.10 Å². The van der Waals surface area contributed by atoms with Crippen LogP contribution >= 0.6 is 0 Å². The van der Waals surface area contributed by atoms with Crippen LogP contribution in [0.1, 0.15) is 11.1 Å². The van der Waals surface area contributed by atoms with Gasteiger partial charge in [0.15, 0.2) is 0 Å². The molecule has 0 saturated heterocycles. The van der Waals surface area contributed by atoms with E-state index in [1.165, 1.54) is 0 Å². The van der Waals surface area contributed by atoms with Crippen molar-refractivity contribution in [3.8, 4) is 0 Å². The Labute approximate surface area is 131 Å². The highest BCUT2D eigenvalue weighted by atomic mass is 16.5. The zero-order chi connectivity index (χ0) is 15.6. The summed E-state index contributed by atoms with van der Waals surface area (Å²) in [7, 11) is 0. The average molecular weight is 292 g/mol. The van der Waals surface area contributed by atoms with Gasteiger partial charge in [-0.05, 0) is 11.1 Å². The lowest BCUT2D eigenvalue weighted by Crippen LogP contribution is -2.11. The number of rotatable bonds is 7. The highest BCUT2D eigenvalue weighted by Crippen LogP contribution is 2.09. The second-order valence-electron chi connectivity index (χ2n) is 4.90. The Hall–Kier alpha value is -2.38. The lowest BCUT2D eigenvalue weighted by Gasteiger charge is -2.10. The summed E-state index contributed by atoms with van der Waals surface area (Å²) < 4.78 is 5.61. The summed E-state index contributed by atoms with van der Waals surface area (Å²) in [5.74, 6) is 0. The highest BCUT2D eigenvalue weighted by Gasteiger charge is 2.07. The molecule has 1 atom stereocenters. The molecule has 112 valence electrons. The van der Waals surface area contributed by atoms with E-state index >= 15 is 0 Å². The minimum atomic E-state index is -0.742. The number of aliphatic hydroxyl groups is 1. The van der Waals surface area contributed by atoms with E-state index in [0.717, 1.165) is 11.1 Å². The Kier molecular flexibility index (Phi) is 6.40. The minimum Gasteiger partial charge on any atom is -0.384 e. The van der Waals surface area contributed by atoms with E-state index in [2.05, 4.69) is 12.3 Å². The molecule has 0 spiro atoms. The van der Waals surface area contributed by atoms with Crippen molar-refractivity contribution in [2.24, 2.45) is 0 Å². The normalized spacial score (nSPS) is 12.0. The molecule has 2 heteroatoms. The third-order valence-electron chi connectivity index (χ3n) is 3.22. The molecule has 0 aromatic heterocycles. The number of ether oxygens (including phenoxy) is 1. The van der Waals surface area contributed by atoms with Gasteiger partial charge >= 0.3 is 0 Å². The molecule has 0 unspecified atom stereocenters. The van der Waals surface area contributed by atoms with Gasteiger partial charge in [-0.3, -0.25) is 0 Å². The summed E-state index contributed by atoms with van der Waals surface area (Å²) in [6, 6.07) is 19.8. The molecule has 0 amide bonds. The van der Waals surface area contributed by atoms with E-state index in [1.807, 2.05) is 66.7 Å². The molecule has 0 radical (unpaired) electrons. The largest absolute Gasteiger partial charge is 0.384 e. The molecule has 2 rings (SSSR count). The monoisotopic (exact) mass is 292 g/mol. The van der Waals surface area contributed by atoms with Crippen molar-refractivity contribution in [2.45, 2.75) is 12.7 Å². The average Bonchev–Trinajstić information content (AvgIpc) is 2.58. The van der Waals surface area contributed by atoms with Gasteiger partial charge in [0.25, 0.3) is 0 Å². The van der Waals surface area contributed by atoms with E-state index < -0.39 is 6.10 Å². The number of hydrogen-bond donors (Lipinski definition) is 1.